The van der Waals surface area contributed by atoms with Crippen LogP contribution in [0.4, 0.5) is 0 Å². The maximum absolute atomic E-state index is 6.21. The van der Waals surface area contributed by atoms with Crippen molar-refractivity contribution in [2.45, 2.75) is 64.3 Å². The molecule has 1 aliphatic rings. The van der Waals surface area contributed by atoms with E-state index in [-0.39, 0.29) is 0 Å². The van der Waals surface area contributed by atoms with Crippen LogP contribution in [0.3, 0.4) is 0 Å². The molecule has 3 nitrogen and oxygen atoms in total. The largest absolute Gasteiger partial charge is 0.493 e. The number of unbranched alkanes of at least 4 members (excludes halogenated alkanes) is 4. The van der Waals surface area contributed by atoms with E-state index in [1.54, 1.807) is 0 Å². The molecule has 118 valence electrons. The second-order valence-electron chi connectivity index (χ2n) is 5.92. The molecule has 4 heteroatoms. The normalized spacial score (nSPS) is 14.8. The van der Waals surface area contributed by atoms with Gasteiger partial charge >= 0.3 is 0 Å². The molecule has 0 aliphatic carbocycles. The molecule has 1 aromatic rings. The van der Waals surface area contributed by atoms with E-state index in [0.29, 0.717) is 6.04 Å². The molecule has 1 unspecified atom stereocenters. The first kappa shape index (κ1) is 16.6. The van der Waals surface area contributed by atoms with Crippen LogP contribution in [0.5, 0.6) is 5.75 Å². The lowest BCUT2D eigenvalue weighted by atomic mass is 9.98. The molecule has 1 heterocycles. The molecule has 0 radical (unpaired) electrons. The fourth-order valence-corrected chi connectivity index (χ4v) is 3.27. The monoisotopic (exact) mass is 310 g/mol. The molecule has 0 saturated heterocycles. The third-order valence-corrected chi connectivity index (χ3v) is 4.40. The van der Waals surface area contributed by atoms with Crippen molar-refractivity contribution in [3.63, 3.8) is 0 Å². The van der Waals surface area contributed by atoms with E-state index in [2.05, 4.69) is 12.3 Å². The summed E-state index contributed by atoms with van der Waals surface area (Å²) < 4.78 is 5.76. The second kappa shape index (κ2) is 8.62. The minimum Gasteiger partial charge on any atom is -0.493 e. The molecular formula is C17H27ClN2O. The number of halogens is 1. The SMILES string of the molecule is CCCCCCCC(Cc1cc(Cl)cc2c1OCC2)NN. The number of hydrogen-bond acceptors (Lipinski definition) is 3. The Bertz CT molecular complexity index is 451. The van der Waals surface area contributed by atoms with Crippen LogP contribution in [0.1, 0.15) is 56.6 Å². The fraction of sp³-hybridized carbons (Fsp3) is 0.647. The van der Waals surface area contributed by atoms with Crippen molar-refractivity contribution in [1.29, 1.82) is 0 Å². The number of benzene rings is 1. The third kappa shape index (κ3) is 4.87. The van der Waals surface area contributed by atoms with Gasteiger partial charge in [0.05, 0.1) is 6.61 Å². The molecule has 2 rings (SSSR count). The van der Waals surface area contributed by atoms with Gasteiger partial charge in [-0.3, -0.25) is 11.3 Å². The summed E-state index contributed by atoms with van der Waals surface area (Å²) in [5.74, 6) is 6.75. The summed E-state index contributed by atoms with van der Waals surface area (Å²) in [5, 5.41) is 0.799. The van der Waals surface area contributed by atoms with Gasteiger partial charge in [-0.25, -0.2) is 0 Å². The first-order valence-corrected chi connectivity index (χ1v) is 8.52. The third-order valence-electron chi connectivity index (χ3n) is 4.18. The van der Waals surface area contributed by atoms with E-state index < -0.39 is 0 Å². The number of nitrogens with two attached hydrogens (primary N) is 1. The van der Waals surface area contributed by atoms with Gasteiger partial charge in [-0.05, 0) is 36.1 Å². The molecule has 0 saturated carbocycles. The summed E-state index contributed by atoms with van der Waals surface area (Å²) in [4.78, 5) is 0. The number of ether oxygens (including phenoxy) is 1. The molecule has 0 amide bonds. The van der Waals surface area contributed by atoms with Crippen molar-refractivity contribution in [2.75, 3.05) is 6.61 Å². The molecule has 1 atom stereocenters. The van der Waals surface area contributed by atoms with Crippen LogP contribution < -0.4 is 16.0 Å². The Morgan fingerprint density at radius 3 is 2.86 bits per heavy atom. The molecule has 0 aromatic heterocycles. The quantitative estimate of drug-likeness (QED) is 0.411. The molecule has 0 bridgehead atoms. The van der Waals surface area contributed by atoms with Crippen LogP contribution in [0.15, 0.2) is 12.1 Å². The standard InChI is InChI=1S/C17H27ClN2O/c1-2-3-4-5-6-7-16(20-19)12-14-11-15(18)10-13-8-9-21-17(13)14/h10-11,16,20H,2-9,12,19H2,1H3. The molecule has 3 N–H and O–H groups in total. The zero-order valence-corrected chi connectivity index (χ0v) is 13.7. The highest BCUT2D eigenvalue weighted by molar-refractivity contribution is 6.30. The summed E-state index contributed by atoms with van der Waals surface area (Å²) in [5.41, 5.74) is 5.37. The highest BCUT2D eigenvalue weighted by atomic mass is 35.5. The highest BCUT2D eigenvalue weighted by Gasteiger charge is 2.19. The van der Waals surface area contributed by atoms with Crippen molar-refractivity contribution < 1.29 is 4.74 Å². The molecule has 0 spiro atoms. The predicted molar refractivity (Wildman–Crippen MR) is 88.8 cm³/mol. The Morgan fingerprint density at radius 1 is 1.29 bits per heavy atom. The van der Waals surface area contributed by atoms with Gasteiger partial charge in [0, 0.05) is 17.5 Å². The van der Waals surface area contributed by atoms with Crippen LogP contribution in [0, 0.1) is 0 Å². The smallest absolute Gasteiger partial charge is 0.125 e. The molecule has 1 aromatic carbocycles. The number of hydrazine groups is 1. The van der Waals surface area contributed by atoms with Crippen molar-refractivity contribution in [3.05, 3.63) is 28.3 Å². The lowest BCUT2D eigenvalue weighted by molar-refractivity contribution is 0.350. The van der Waals surface area contributed by atoms with Crippen LogP contribution >= 0.6 is 11.6 Å². The van der Waals surface area contributed by atoms with Crippen molar-refractivity contribution in [3.8, 4) is 5.75 Å². The summed E-state index contributed by atoms with van der Waals surface area (Å²) in [6.07, 6.45) is 9.38. The first-order chi connectivity index (χ1) is 10.2. The molecule has 21 heavy (non-hydrogen) atoms. The van der Waals surface area contributed by atoms with E-state index in [1.165, 1.54) is 43.2 Å². The lowest BCUT2D eigenvalue weighted by Gasteiger charge is -2.18. The van der Waals surface area contributed by atoms with Crippen LogP contribution in [-0.4, -0.2) is 12.6 Å². The summed E-state index contributed by atoms with van der Waals surface area (Å²) in [6.45, 7) is 3.00. The van der Waals surface area contributed by atoms with Crippen LogP contribution in [-0.2, 0) is 12.8 Å². The Balaban J connectivity index is 1.90. The van der Waals surface area contributed by atoms with E-state index in [0.717, 1.165) is 36.6 Å². The van der Waals surface area contributed by atoms with Crippen LogP contribution in [0.2, 0.25) is 5.02 Å². The molecular weight excluding hydrogens is 284 g/mol. The minimum atomic E-state index is 0.290. The number of hydrogen-bond donors (Lipinski definition) is 2. The minimum absolute atomic E-state index is 0.290. The van der Waals surface area contributed by atoms with E-state index in [9.17, 15) is 0 Å². The average molecular weight is 311 g/mol. The Morgan fingerprint density at radius 2 is 2.10 bits per heavy atom. The predicted octanol–water partition coefficient (Wildman–Crippen LogP) is 4.01. The highest BCUT2D eigenvalue weighted by Crippen LogP contribution is 2.33. The topological polar surface area (TPSA) is 47.3 Å². The fourth-order valence-electron chi connectivity index (χ4n) is 3.00. The van der Waals surface area contributed by atoms with Gasteiger partial charge < -0.3 is 4.74 Å². The number of fused-ring (bicyclic) bond motifs is 1. The van der Waals surface area contributed by atoms with Gasteiger partial charge in [0.25, 0.3) is 0 Å². The van der Waals surface area contributed by atoms with Crippen molar-refractivity contribution in [1.82, 2.24) is 5.43 Å². The summed E-state index contributed by atoms with van der Waals surface area (Å²) >= 11 is 6.21. The first-order valence-electron chi connectivity index (χ1n) is 8.14. The Hall–Kier alpha value is -0.770. The number of nitrogens with one attached hydrogen (secondary N) is 1. The van der Waals surface area contributed by atoms with Gasteiger partial charge in [-0.15, -0.1) is 0 Å². The van der Waals surface area contributed by atoms with Crippen molar-refractivity contribution in [2.24, 2.45) is 5.84 Å². The summed E-state index contributed by atoms with van der Waals surface area (Å²) in [7, 11) is 0. The Kier molecular flexibility index (Phi) is 6.81. The van der Waals surface area contributed by atoms with Crippen LogP contribution in [0.25, 0.3) is 0 Å². The Labute approximate surface area is 133 Å². The second-order valence-corrected chi connectivity index (χ2v) is 6.36. The van der Waals surface area contributed by atoms with E-state index in [4.69, 9.17) is 22.2 Å². The zero-order chi connectivity index (χ0) is 15.1. The summed E-state index contributed by atoms with van der Waals surface area (Å²) in [6, 6.07) is 4.33. The van der Waals surface area contributed by atoms with Gasteiger partial charge in [0.1, 0.15) is 5.75 Å². The van der Waals surface area contributed by atoms with E-state index >= 15 is 0 Å². The van der Waals surface area contributed by atoms with Gasteiger partial charge in [-0.1, -0.05) is 50.6 Å². The number of rotatable bonds is 9. The molecule has 1 aliphatic heterocycles. The maximum Gasteiger partial charge on any atom is 0.125 e. The van der Waals surface area contributed by atoms with Crippen molar-refractivity contribution >= 4 is 11.6 Å². The average Bonchev–Trinajstić information content (AvgIpc) is 2.93. The lowest BCUT2D eigenvalue weighted by Crippen LogP contribution is -2.36. The van der Waals surface area contributed by atoms with Gasteiger partial charge in [-0.2, -0.15) is 0 Å². The van der Waals surface area contributed by atoms with E-state index in [1.807, 2.05) is 12.1 Å². The zero-order valence-electron chi connectivity index (χ0n) is 13.0. The van der Waals surface area contributed by atoms with Gasteiger partial charge in [0.15, 0.2) is 0 Å². The van der Waals surface area contributed by atoms with Gasteiger partial charge in [0.2, 0.25) is 0 Å². The maximum atomic E-state index is 6.21. The molecule has 0 fully saturated rings.